The first kappa shape index (κ1) is 21.1. The Labute approximate surface area is 187 Å². The lowest BCUT2D eigenvalue weighted by Gasteiger charge is -2.10. The molecule has 0 aliphatic rings. The maximum atomic E-state index is 12.8. The molecule has 0 unspecified atom stereocenters. The van der Waals surface area contributed by atoms with Crippen molar-refractivity contribution in [1.82, 2.24) is 0 Å². The molecule has 0 saturated heterocycles. The maximum absolute atomic E-state index is 12.8. The molecular formula is C24H16ClNO6. The molecule has 0 aliphatic carbocycles. The molecule has 0 radical (unpaired) electrons. The van der Waals surface area contributed by atoms with Crippen LogP contribution in [0.5, 0.6) is 17.2 Å². The van der Waals surface area contributed by atoms with Gasteiger partial charge in [-0.25, -0.2) is 0 Å². The Morgan fingerprint density at radius 2 is 1.69 bits per heavy atom. The molecule has 8 heteroatoms. The Hall–Kier alpha value is -4.10. The van der Waals surface area contributed by atoms with Crippen molar-refractivity contribution >= 4 is 23.1 Å². The van der Waals surface area contributed by atoms with E-state index in [0.717, 1.165) is 0 Å². The number of carbonyl (C=O) groups is 1. The van der Waals surface area contributed by atoms with Gasteiger partial charge in [-0.2, -0.15) is 0 Å². The van der Waals surface area contributed by atoms with Crippen LogP contribution in [-0.2, 0) is 0 Å². The number of rotatable bonds is 7. The van der Waals surface area contributed by atoms with Gasteiger partial charge in [0.05, 0.1) is 17.1 Å². The molecule has 7 nitrogen and oxygen atoms in total. The van der Waals surface area contributed by atoms with Crippen LogP contribution in [0.1, 0.15) is 16.1 Å². The van der Waals surface area contributed by atoms with Gasteiger partial charge in [0.2, 0.25) is 5.78 Å². The van der Waals surface area contributed by atoms with Crippen molar-refractivity contribution in [1.29, 1.82) is 0 Å². The lowest BCUT2D eigenvalue weighted by atomic mass is 10.1. The number of ether oxygens (including phenoxy) is 2. The Morgan fingerprint density at radius 1 is 0.969 bits per heavy atom. The number of furan rings is 1. The van der Waals surface area contributed by atoms with Crippen molar-refractivity contribution in [3.05, 3.63) is 105 Å². The summed E-state index contributed by atoms with van der Waals surface area (Å²) in [7, 11) is 1.56. The lowest BCUT2D eigenvalue weighted by Crippen LogP contribution is -1.99. The third-order valence-corrected chi connectivity index (χ3v) is 4.98. The highest BCUT2D eigenvalue weighted by Gasteiger charge is 2.18. The molecule has 1 aromatic heterocycles. The minimum atomic E-state index is -0.534. The highest BCUT2D eigenvalue weighted by molar-refractivity contribution is 6.33. The topological polar surface area (TPSA) is 91.8 Å². The van der Waals surface area contributed by atoms with Crippen molar-refractivity contribution in [2.75, 3.05) is 7.11 Å². The number of nitro benzene ring substituents is 1. The maximum Gasteiger partial charge on any atom is 0.270 e. The monoisotopic (exact) mass is 449 g/mol. The van der Waals surface area contributed by atoms with Crippen LogP contribution in [0.4, 0.5) is 5.69 Å². The van der Waals surface area contributed by atoms with Gasteiger partial charge in [-0.1, -0.05) is 23.7 Å². The molecule has 4 rings (SSSR count). The number of methoxy groups -OCH3 is 1. The van der Waals surface area contributed by atoms with Crippen LogP contribution in [-0.4, -0.2) is 17.8 Å². The van der Waals surface area contributed by atoms with Crippen molar-refractivity contribution in [2.24, 2.45) is 0 Å². The Morgan fingerprint density at radius 3 is 2.34 bits per heavy atom. The van der Waals surface area contributed by atoms with E-state index >= 15 is 0 Å². The summed E-state index contributed by atoms with van der Waals surface area (Å²) in [6.07, 6.45) is 0. The summed E-state index contributed by atoms with van der Waals surface area (Å²) in [5.74, 6) is 1.84. The quantitative estimate of drug-likeness (QED) is 0.181. The van der Waals surface area contributed by atoms with E-state index in [1.165, 1.54) is 24.3 Å². The normalized spacial score (nSPS) is 10.6. The van der Waals surface area contributed by atoms with E-state index in [-0.39, 0.29) is 22.3 Å². The highest BCUT2D eigenvalue weighted by atomic mass is 35.5. The minimum absolute atomic E-state index is 0.118. The van der Waals surface area contributed by atoms with E-state index in [1.54, 1.807) is 49.6 Å². The fourth-order valence-corrected chi connectivity index (χ4v) is 3.34. The van der Waals surface area contributed by atoms with Gasteiger partial charge in [-0.3, -0.25) is 14.9 Å². The van der Waals surface area contributed by atoms with E-state index in [4.69, 9.17) is 25.5 Å². The Balaban J connectivity index is 1.52. The van der Waals surface area contributed by atoms with Crippen molar-refractivity contribution in [2.45, 2.75) is 0 Å². The van der Waals surface area contributed by atoms with Gasteiger partial charge >= 0.3 is 0 Å². The summed E-state index contributed by atoms with van der Waals surface area (Å²) in [5.41, 5.74) is 0.738. The standard InChI is InChI=1S/C24H16ClNO6/c1-30-21-4-2-3-5-22(21)31-17-9-6-15(7-10-17)24(27)23-13-12-20(32-23)18-11-8-16(26(28)29)14-19(18)25/h2-14H,1H3. The number of benzene rings is 3. The van der Waals surface area contributed by atoms with Crippen molar-refractivity contribution in [3.63, 3.8) is 0 Å². The second-order valence-electron chi connectivity index (χ2n) is 6.69. The molecule has 0 saturated carbocycles. The molecule has 0 fully saturated rings. The van der Waals surface area contributed by atoms with Crippen LogP contribution in [0.25, 0.3) is 11.3 Å². The predicted octanol–water partition coefficient (Wildman–Crippen LogP) is 6.54. The van der Waals surface area contributed by atoms with Crippen molar-refractivity contribution in [3.8, 4) is 28.6 Å². The molecule has 32 heavy (non-hydrogen) atoms. The molecule has 4 aromatic rings. The average molecular weight is 450 g/mol. The zero-order valence-corrected chi connectivity index (χ0v) is 17.5. The van der Waals surface area contributed by atoms with Crippen molar-refractivity contribution < 1.29 is 23.6 Å². The van der Waals surface area contributed by atoms with Crippen LogP contribution in [0.3, 0.4) is 0 Å². The third kappa shape index (κ3) is 4.33. The number of hydrogen-bond donors (Lipinski definition) is 0. The third-order valence-electron chi connectivity index (χ3n) is 4.67. The molecular weight excluding hydrogens is 434 g/mol. The van der Waals surface area contributed by atoms with E-state index in [1.807, 2.05) is 12.1 Å². The molecule has 0 atom stereocenters. The van der Waals surface area contributed by atoms with Crippen LogP contribution in [0.15, 0.2) is 83.3 Å². The molecule has 0 spiro atoms. The van der Waals surface area contributed by atoms with Gasteiger partial charge in [0, 0.05) is 23.3 Å². The summed E-state index contributed by atoms with van der Waals surface area (Å²) >= 11 is 6.15. The number of non-ortho nitro benzene ring substituents is 1. The zero-order chi connectivity index (χ0) is 22.7. The largest absolute Gasteiger partial charge is 0.493 e. The molecule has 0 bridgehead atoms. The summed E-state index contributed by atoms with van der Waals surface area (Å²) in [6, 6.07) is 21.1. The second-order valence-corrected chi connectivity index (χ2v) is 7.10. The molecule has 0 N–H and O–H groups in total. The first-order valence-corrected chi connectivity index (χ1v) is 9.84. The smallest absolute Gasteiger partial charge is 0.270 e. The Bertz CT molecular complexity index is 1300. The predicted molar refractivity (Wildman–Crippen MR) is 119 cm³/mol. The first-order chi connectivity index (χ1) is 15.5. The number of nitrogens with zero attached hydrogens (tertiary/aromatic N) is 1. The van der Waals surface area contributed by atoms with Gasteiger partial charge in [0.25, 0.3) is 5.69 Å². The van der Waals surface area contributed by atoms with E-state index in [2.05, 4.69) is 0 Å². The van der Waals surface area contributed by atoms with Crippen LogP contribution in [0, 0.1) is 10.1 Å². The number of nitro groups is 1. The van der Waals surface area contributed by atoms with Gasteiger partial charge < -0.3 is 13.9 Å². The summed E-state index contributed by atoms with van der Waals surface area (Å²) in [6.45, 7) is 0. The minimum Gasteiger partial charge on any atom is -0.493 e. The number of halogens is 1. The zero-order valence-electron chi connectivity index (χ0n) is 16.8. The van der Waals surface area contributed by atoms with Crippen LogP contribution >= 0.6 is 11.6 Å². The first-order valence-electron chi connectivity index (χ1n) is 9.46. The highest BCUT2D eigenvalue weighted by Crippen LogP contribution is 2.33. The molecule has 1 heterocycles. The SMILES string of the molecule is COc1ccccc1Oc1ccc(C(=O)c2ccc(-c3ccc([N+](=O)[O-])cc3Cl)o2)cc1. The average Bonchev–Trinajstić information content (AvgIpc) is 3.29. The second kappa shape index (κ2) is 8.95. The van der Waals surface area contributed by atoms with Gasteiger partial charge in [0.15, 0.2) is 17.3 Å². The summed E-state index contributed by atoms with van der Waals surface area (Å²) < 4.78 is 16.8. The van der Waals surface area contributed by atoms with E-state index in [0.29, 0.717) is 34.1 Å². The molecule has 0 aliphatic heterocycles. The van der Waals surface area contributed by atoms with Crippen LogP contribution in [0.2, 0.25) is 5.02 Å². The number of para-hydroxylation sites is 2. The van der Waals surface area contributed by atoms with Gasteiger partial charge in [0.1, 0.15) is 11.5 Å². The number of hydrogen-bond acceptors (Lipinski definition) is 6. The van der Waals surface area contributed by atoms with Gasteiger partial charge in [-0.15, -0.1) is 0 Å². The van der Waals surface area contributed by atoms with Crippen LogP contribution < -0.4 is 9.47 Å². The summed E-state index contributed by atoms with van der Waals surface area (Å²) in [4.78, 5) is 23.2. The fraction of sp³-hybridized carbons (Fsp3) is 0.0417. The molecule has 3 aromatic carbocycles. The lowest BCUT2D eigenvalue weighted by molar-refractivity contribution is -0.384. The molecule has 0 amide bonds. The summed E-state index contributed by atoms with van der Waals surface area (Å²) in [5, 5.41) is 11.0. The van der Waals surface area contributed by atoms with Gasteiger partial charge in [-0.05, 0) is 54.6 Å². The van der Waals surface area contributed by atoms with E-state index in [9.17, 15) is 14.9 Å². The Kier molecular flexibility index (Phi) is 5.91. The number of carbonyl (C=O) groups excluding carboxylic acids is 1. The number of ketones is 1. The molecule has 160 valence electrons. The van der Waals surface area contributed by atoms with E-state index < -0.39 is 4.92 Å². The fourth-order valence-electron chi connectivity index (χ4n) is 3.07.